The van der Waals surface area contributed by atoms with Crippen molar-refractivity contribution in [1.82, 2.24) is 0 Å². The summed E-state index contributed by atoms with van der Waals surface area (Å²) in [5, 5.41) is 0. The fraction of sp³-hybridized carbons (Fsp3) is 0.429. The number of hydrogen-bond acceptors (Lipinski definition) is 0. The number of rotatable bonds is 5. The molecule has 0 amide bonds. The number of benzene rings is 1. The Kier molecular flexibility index (Phi) is 5.22. The maximum absolute atomic E-state index is 3.86. The molecule has 0 fully saturated rings. The van der Waals surface area contributed by atoms with Crippen LogP contribution in [0.15, 0.2) is 53.6 Å². The Morgan fingerprint density at radius 2 is 1.90 bits per heavy atom. The van der Waals surface area contributed by atoms with Crippen molar-refractivity contribution in [3.63, 3.8) is 0 Å². The van der Waals surface area contributed by atoms with E-state index < -0.39 is 0 Å². The Bertz CT molecular complexity index is 580. The van der Waals surface area contributed by atoms with Gasteiger partial charge < -0.3 is 0 Å². The molecule has 0 spiro atoms. The highest BCUT2D eigenvalue weighted by atomic mass is 14.2. The first-order chi connectivity index (χ1) is 10.0. The summed E-state index contributed by atoms with van der Waals surface area (Å²) in [7, 11) is 0. The average Bonchev–Trinajstić information content (AvgIpc) is 2.91. The third-order valence-corrected chi connectivity index (χ3v) is 4.52. The molecule has 0 bridgehead atoms. The van der Waals surface area contributed by atoms with E-state index in [1.165, 1.54) is 41.5 Å². The van der Waals surface area contributed by atoms with Gasteiger partial charge in [0.15, 0.2) is 0 Å². The van der Waals surface area contributed by atoms with Crippen LogP contribution in [0.5, 0.6) is 0 Å². The maximum Gasteiger partial charge on any atom is -0.0150 e. The van der Waals surface area contributed by atoms with Crippen LogP contribution in [0, 0.1) is 5.92 Å². The molecule has 0 saturated heterocycles. The van der Waals surface area contributed by atoms with E-state index in [0.717, 1.165) is 6.42 Å². The van der Waals surface area contributed by atoms with Crippen molar-refractivity contribution in [3.8, 4) is 0 Å². The van der Waals surface area contributed by atoms with Gasteiger partial charge in [0.05, 0.1) is 0 Å². The van der Waals surface area contributed by atoms with Crippen molar-refractivity contribution in [2.24, 2.45) is 5.92 Å². The Morgan fingerprint density at radius 1 is 1.19 bits per heavy atom. The van der Waals surface area contributed by atoms with Gasteiger partial charge in [-0.1, -0.05) is 55.0 Å². The first kappa shape index (κ1) is 15.8. The molecule has 1 aliphatic carbocycles. The number of aryl methyl sites for hydroxylation is 2. The van der Waals surface area contributed by atoms with E-state index >= 15 is 0 Å². The summed E-state index contributed by atoms with van der Waals surface area (Å²) >= 11 is 0. The molecule has 1 aromatic carbocycles. The summed E-state index contributed by atoms with van der Waals surface area (Å²) in [5.41, 5.74) is 8.73. The van der Waals surface area contributed by atoms with E-state index in [0.29, 0.717) is 5.92 Å². The van der Waals surface area contributed by atoms with Gasteiger partial charge in [-0.15, -0.1) is 0 Å². The molecular formula is C21H28. The fourth-order valence-corrected chi connectivity index (χ4v) is 3.30. The van der Waals surface area contributed by atoms with E-state index in [4.69, 9.17) is 0 Å². The second kappa shape index (κ2) is 6.93. The molecule has 1 unspecified atom stereocenters. The molecule has 21 heavy (non-hydrogen) atoms. The Morgan fingerprint density at radius 3 is 2.57 bits per heavy atom. The molecule has 0 aromatic heterocycles. The van der Waals surface area contributed by atoms with Crippen LogP contribution in [-0.2, 0) is 19.3 Å². The lowest BCUT2D eigenvalue weighted by Gasteiger charge is -2.17. The van der Waals surface area contributed by atoms with Crippen LogP contribution in [-0.4, -0.2) is 0 Å². The summed E-state index contributed by atoms with van der Waals surface area (Å²) in [6.07, 6.45) is 9.21. The summed E-state index contributed by atoms with van der Waals surface area (Å²) in [6.45, 7) is 12.7. The van der Waals surface area contributed by atoms with Gasteiger partial charge in [-0.05, 0) is 74.6 Å². The summed E-state index contributed by atoms with van der Waals surface area (Å²) < 4.78 is 0. The molecule has 112 valence electrons. The molecule has 0 radical (unpaired) electrons. The average molecular weight is 280 g/mol. The van der Waals surface area contributed by atoms with Crippen LogP contribution in [0.25, 0.3) is 0 Å². The second-order valence-electron chi connectivity index (χ2n) is 6.61. The summed E-state index contributed by atoms with van der Waals surface area (Å²) in [5.74, 6) is 0.546. The Hall–Kier alpha value is -1.56. The van der Waals surface area contributed by atoms with Crippen molar-refractivity contribution in [2.75, 3.05) is 0 Å². The van der Waals surface area contributed by atoms with Gasteiger partial charge in [-0.3, -0.25) is 0 Å². The van der Waals surface area contributed by atoms with Gasteiger partial charge in [-0.25, -0.2) is 0 Å². The standard InChI is InChI=1S/C21H28/c1-6-16(4)12-21(15(2)3)17(5)13-18-10-11-19-8-7-9-20(19)14-18/h6,10-12,14,17H,1,7-9,13H2,2-5H3/b16-12-. The van der Waals surface area contributed by atoms with Crippen LogP contribution in [0.3, 0.4) is 0 Å². The van der Waals surface area contributed by atoms with Crippen molar-refractivity contribution < 1.29 is 0 Å². The van der Waals surface area contributed by atoms with Crippen LogP contribution in [0.1, 0.15) is 50.8 Å². The fourth-order valence-electron chi connectivity index (χ4n) is 3.30. The monoisotopic (exact) mass is 280 g/mol. The molecule has 1 aromatic rings. The SMILES string of the molecule is C=C/C(C)=C\C(=C(C)C)C(C)Cc1ccc2c(c1)CCC2. The van der Waals surface area contributed by atoms with E-state index in [9.17, 15) is 0 Å². The van der Waals surface area contributed by atoms with E-state index in [-0.39, 0.29) is 0 Å². The quantitative estimate of drug-likeness (QED) is 0.596. The molecule has 0 aliphatic heterocycles. The van der Waals surface area contributed by atoms with Gasteiger partial charge in [-0.2, -0.15) is 0 Å². The van der Waals surface area contributed by atoms with Crippen molar-refractivity contribution in [2.45, 2.75) is 53.4 Å². The predicted octanol–water partition coefficient (Wildman–Crippen LogP) is 5.82. The molecular weight excluding hydrogens is 252 g/mol. The number of fused-ring (bicyclic) bond motifs is 1. The van der Waals surface area contributed by atoms with Crippen LogP contribution >= 0.6 is 0 Å². The van der Waals surface area contributed by atoms with Crippen LogP contribution in [0.2, 0.25) is 0 Å². The van der Waals surface area contributed by atoms with Gasteiger partial charge in [0, 0.05) is 0 Å². The minimum absolute atomic E-state index is 0.546. The highest BCUT2D eigenvalue weighted by molar-refractivity contribution is 5.37. The molecule has 0 heteroatoms. The number of hydrogen-bond donors (Lipinski definition) is 0. The molecule has 2 rings (SSSR count). The lowest BCUT2D eigenvalue weighted by Crippen LogP contribution is -2.05. The van der Waals surface area contributed by atoms with Gasteiger partial charge in [0.25, 0.3) is 0 Å². The largest absolute Gasteiger partial charge is 0.0988 e. The smallest absolute Gasteiger partial charge is 0.0150 e. The van der Waals surface area contributed by atoms with Crippen molar-refractivity contribution in [3.05, 3.63) is 70.3 Å². The zero-order valence-corrected chi connectivity index (χ0v) is 14.0. The third-order valence-electron chi connectivity index (χ3n) is 4.52. The summed E-state index contributed by atoms with van der Waals surface area (Å²) in [6, 6.07) is 7.11. The van der Waals surface area contributed by atoms with Gasteiger partial charge in [0.2, 0.25) is 0 Å². The van der Waals surface area contributed by atoms with Gasteiger partial charge >= 0.3 is 0 Å². The molecule has 1 atom stereocenters. The molecule has 1 aliphatic rings. The van der Waals surface area contributed by atoms with E-state index in [1.54, 1.807) is 11.1 Å². The normalized spacial score (nSPS) is 15.5. The minimum Gasteiger partial charge on any atom is -0.0988 e. The summed E-state index contributed by atoms with van der Waals surface area (Å²) in [4.78, 5) is 0. The maximum atomic E-state index is 3.86. The highest BCUT2D eigenvalue weighted by Gasteiger charge is 2.14. The van der Waals surface area contributed by atoms with Crippen molar-refractivity contribution >= 4 is 0 Å². The predicted molar refractivity (Wildman–Crippen MR) is 93.7 cm³/mol. The van der Waals surface area contributed by atoms with Crippen LogP contribution < -0.4 is 0 Å². The zero-order chi connectivity index (χ0) is 15.4. The third kappa shape index (κ3) is 3.97. The highest BCUT2D eigenvalue weighted by Crippen LogP contribution is 2.27. The lowest BCUT2D eigenvalue weighted by molar-refractivity contribution is 0.684. The minimum atomic E-state index is 0.546. The first-order valence-electron chi connectivity index (χ1n) is 8.10. The zero-order valence-electron chi connectivity index (χ0n) is 14.0. The second-order valence-corrected chi connectivity index (χ2v) is 6.61. The topological polar surface area (TPSA) is 0 Å². The first-order valence-corrected chi connectivity index (χ1v) is 8.10. The van der Waals surface area contributed by atoms with Crippen molar-refractivity contribution in [1.29, 1.82) is 0 Å². The van der Waals surface area contributed by atoms with Gasteiger partial charge in [0.1, 0.15) is 0 Å². The van der Waals surface area contributed by atoms with E-state index in [1.807, 2.05) is 6.08 Å². The van der Waals surface area contributed by atoms with Crippen LogP contribution in [0.4, 0.5) is 0 Å². The molecule has 0 heterocycles. The Balaban J connectivity index is 2.18. The molecule has 0 N–H and O–H groups in total. The Labute approximate surface area is 130 Å². The van der Waals surface area contributed by atoms with E-state index in [2.05, 4.69) is 58.5 Å². The lowest BCUT2D eigenvalue weighted by atomic mass is 9.88. The molecule has 0 saturated carbocycles. The molecule has 0 nitrogen and oxygen atoms in total. The number of allylic oxidation sites excluding steroid dienone is 5.